The second-order valence-corrected chi connectivity index (χ2v) is 4.55. The molecular weight excluding hydrogens is 271 g/mol. The van der Waals surface area contributed by atoms with Crippen molar-refractivity contribution in [1.82, 2.24) is 14.9 Å². The Morgan fingerprint density at radius 3 is 2.75 bits per heavy atom. The first-order valence-corrected chi connectivity index (χ1v) is 6.86. The zero-order valence-electron chi connectivity index (χ0n) is 11.9. The number of alkyl halides is 3. The minimum absolute atomic E-state index is 0.0517. The second kappa shape index (κ2) is 8.26. The van der Waals surface area contributed by atoms with Crippen LogP contribution in [0.1, 0.15) is 38.6 Å². The van der Waals surface area contributed by atoms with Crippen molar-refractivity contribution >= 4 is 0 Å². The van der Waals surface area contributed by atoms with E-state index in [2.05, 4.69) is 22.0 Å². The van der Waals surface area contributed by atoms with Crippen molar-refractivity contribution in [1.29, 1.82) is 0 Å². The Morgan fingerprint density at radius 1 is 1.40 bits per heavy atom. The average molecular weight is 293 g/mol. The molecule has 0 aromatic carbocycles. The third kappa shape index (κ3) is 5.92. The number of rotatable bonds is 9. The molecule has 1 aromatic heterocycles. The SMILES string of the molecule is CCCn1ccnc1C(CCOCC(F)(F)F)NCC. The fraction of sp³-hybridized carbons (Fsp3) is 0.769. The van der Waals surface area contributed by atoms with Gasteiger partial charge in [-0.05, 0) is 19.4 Å². The predicted octanol–water partition coefficient (Wildman–Crippen LogP) is 2.91. The van der Waals surface area contributed by atoms with Gasteiger partial charge >= 0.3 is 6.18 Å². The largest absolute Gasteiger partial charge is 0.411 e. The number of halogens is 3. The molecule has 0 fully saturated rings. The van der Waals surface area contributed by atoms with Crippen LogP contribution in [0.3, 0.4) is 0 Å². The van der Waals surface area contributed by atoms with Crippen LogP contribution in [0.15, 0.2) is 12.4 Å². The van der Waals surface area contributed by atoms with E-state index in [1.165, 1.54) is 0 Å². The van der Waals surface area contributed by atoms with Crippen LogP contribution in [-0.4, -0.2) is 35.5 Å². The van der Waals surface area contributed by atoms with E-state index < -0.39 is 12.8 Å². The molecule has 20 heavy (non-hydrogen) atoms. The highest BCUT2D eigenvalue weighted by Gasteiger charge is 2.27. The highest BCUT2D eigenvalue weighted by atomic mass is 19.4. The van der Waals surface area contributed by atoms with Gasteiger partial charge in [-0.25, -0.2) is 4.98 Å². The molecule has 1 heterocycles. The van der Waals surface area contributed by atoms with Gasteiger partial charge in [0.2, 0.25) is 0 Å². The smallest absolute Gasteiger partial charge is 0.372 e. The van der Waals surface area contributed by atoms with Gasteiger partial charge < -0.3 is 14.6 Å². The average Bonchev–Trinajstić information content (AvgIpc) is 2.80. The lowest BCUT2D eigenvalue weighted by Gasteiger charge is -2.19. The maximum Gasteiger partial charge on any atom is 0.411 e. The second-order valence-electron chi connectivity index (χ2n) is 4.55. The number of aromatic nitrogens is 2. The molecule has 0 saturated carbocycles. The van der Waals surface area contributed by atoms with Crippen LogP contribution in [0.5, 0.6) is 0 Å². The van der Waals surface area contributed by atoms with Gasteiger partial charge in [0.25, 0.3) is 0 Å². The van der Waals surface area contributed by atoms with E-state index in [-0.39, 0.29) is 12.6 Å². The summed E-state index contributed by atoms with van der Waals surface area (Å²) in [4.78, 5) is 4.30. The van der Waals surface area contributed by atoms with E-state index >= 15 is 0 Å². The van der Waals surface area contributed by atoms with Gasteiger partial charge in [-0.3, -0.25) is 0 Å². The minimum atomic E-state index is -4.27. The predicted molar refractivity (Wildman–Crippen MR) is 70.4 cm³/mol. The zero-order valence-corrected chi connectivity index (χ0v) is 11.9. The van der Waals surface area contributed by atoms with Gasteiger partial charge in [-0.2, -0.15) is 13.2 Å². The monoisotopic (exact) mass is 293 g/mol. The summed E-state index contributed by atoms with van der Waals surface area (Å²) in [6, 6.07) is -0.0882. The van der Waals surface area contributed by atoms with Crippen LogP contribution < -0.4 is 5.32 Å². The van der Waals surface area contributed by atoms with Gasteiger partial charge in [-0.15, -0.1) is 0 Å². The van der Waals surface area contributed by atoms with Crippen LogP contribution in [0.25, 0.3) is 0 Å². The Balaban J connectivity index is 2.53. The summed E-state index contributed by atoms with van der Waals surface area (Å²) in [6.45, 7) is 4.45. The normalized spacial score (nSPS) is 13.7. The third-order valence-corrected chi connectivity index (χ3v) is 2.79. The molecule has 0 aliphatic heterocycles. The molecule has 0 saturated heterocycles. The fourth-order valence-corrected chi connectivity index (χ4v) is 2.02. The number of nitrogens with zero attached hydrogens (tertiary/aromatic N) is 2. The summed E-state index contributed by atoms with van der Waals surface area (Å²) < 4.78 is 42.7. The lowest BCUT2D eigenvalue weighted by molar-refractivity contribution is -0.174. The van der Waals surface area contributed by atoms with E-state index in [9.17, 15) is 13.2 Å². The first kappa shape index (κ1) is 17.0. The van der Waals surface area contributed by atoms with Crippen molar-refractivity contribution in [3.63, 3.8) is 0 Å². The maximum atomic E-state index is 12.0. The molecule has 0 radical (unpaired) electrons. The maximum absolute atomic E-state index is 12.0. The molecular formula is C13H22F3N3O. The van der Waals surface area contributed by atoms with Crippen LogP contribution >= 0.6 is 0 Å². The molecule has 0 spiro atoms. The Morgan fingerprint density at radius 2 is 2.15 bits per heavy atom. The lowest BCUT2D eigenvalue weighted by atomic mass is 10.2. The highest BCUT2D eigenvalue weighted by Crippen LogP contribution is 2.18. The van der Waals surface area contributed by atoms with Crippen LogP contribution in [0.4, 0.5) is 13.2 Å². The van der Waals surface area contributed by atoms with Crippen LogP contribution in [-0.2, 0) is 11.3 Å². The van der Waals surface area contributed by atoms with Crippen molar-refractivity contribution in [2.75, 3.05) is 19.8 Å². The van der Waals surface area contributed by atoms with Crippen molar-refractivity contribution in [2.45, 2.75) is 45.5 Å². The Bertz CT molecular complexity index is 379. The molecule has 4 nitrogen and oxygen atoms in total. The lowest BCUT2D eigenvalue weighted by Crippen LogP contribution is -2.26. The molecule has 0 amide bonds. The Hall–Kier alpha value is -1.08. The van der Waals surface area contributed by atoms with Gasteiger partial charge in [-0.1, -0.05) is 13.8 Å². The van der Waals surface area contributed by atoms with Gasteiger partial charge in [0.15, 0.2) is 0 Å². The Kier molecular flexibility index (Phi) is 7.01. The summed E-state index contributed by atoms with van der Waals surface area (Å²) in [5.41, 5.74) is 0. The molecule has 1 atom stereocenters. The number of ether oxygens (including phenoxy) is 1. The van der Waals surface area contributed by atoms with Crippen molar-refractivity contribution in [2.24, 2.45) is 0 Å². The molecule has 7 heteroatoms. The fourth-order valence-electron chi connectivity index (χ4n) is 2.02. The van der Waals surface area contributed by atoms with E-state index in [4.69, 9.17) is 0 Å². The van der Waals surface area contributed by atoms with Crippen LogP contribution in [0.2, 0.25) is 0 Å². The first-order chi connectivity index (χ1) is 9.48. The topological polar surface area (TPSA) is 39.1 Å². The summed E-state index contributed by atoms with van der Waals surface area (Å²) in [5.74, 6) is 0.851. The van der Waals surface area contributed by atoms with Gasteiger partial charge in [0, 0.05) is 25.5 Å². The molecule has 0 aliphatic carbocycles. The Labute approximate surface area is 117 Å². The summed E-state index contributed by atoms with van der Waals surface area (Å²) in [7, 11) is 0. The molecule has 116 valence electrons. The molecule has 0 aliphatic rings. The quantitative estimate of drug-likeness (QED) is 0.712. The van der Waals surface area contributed by atoms with E-state index in [0.29, 0.717) is 6.42 Å². The van der Waals surface area contributed by atoms with E-state index in [1.54, 1.807) is 6.20 Å². The van der Waals surface area contributed by atoms with Crippen LogP contribution in [0, 0.1) is 0 Å². The number of hydrogen-bond donors (Lipinski definition) is 1. The van der Waals surface area contributed by atoms with Crippen molar-refractivity contribution in [3.05, 3.63) is 18.2 Å². The number of imidazole rings is 1. The summed E-state index contributed by atoms with van der Waals surface area (Å²) in [5, 5.41) is 3.24. The number of aryl methyl sites for hydroxylation is 1. The molecule has 1 rings (SSSR count). The first-order valence-electron chi connectivity index (χ1n) is 6.86. The van der Waals surface area contributed by atoms with E-state index in [0.717, 1.165) is 25.3 Å². The standard InChI is InChI=1S/C13H22F3N3O/c1-3-7-19-8-6-18-12(19)11(17-4-2)5-9-20-10-13(14,15)16/h6,8,11,17H,3-5,7,9-10H2,1-2H3. The highest BCUT2D eigenvalue weighted by molar-refractivity contribution is 4.99. The van der Waals surface area contributed by atoms with Gasteiger partial charge in [0.1, 0.15) is 12.4 Å². The summed E-state index contributed by atoms with van der Waals surface area (Å²) in [6.07, 6.45) is 0.775. The minimum Gasteiger partial charge on any atom is -0.372 e. The van der Waals surface area contributed by atoms with E-state index in [1.807, 2.05) is 17.7 Å². The van der Waals surface area contributed by atoms with Crippen molar-refractivity contribution in [3.8, 4) is 0 Å². The molecule has 1 N–H and O–H groups in total. The van der Waals surface area contributed by atoms with Crippen molar-refractivity contribution < 1.29 is 17.9 Å². The zero-order chi connectivity index (χ0) is 15.0. The number of nitrogens with one attached hydrogen (secondary N) is 1. The third-order valence-electron chi connectivity index (χ3n) is 2.79. The molecule has 0 bridgehead atoms. The summed E-state index contributed by atoms with van der Waals surface area (Å²) >= 11 is 0. The van der Waals surface area contributed by atoms with Gasteiger partial charge in [0.05, 0.1) is 6.04 Å². The molecule has 1 aromatic rings. The molecule has 1 unspecified atom stereocenters. The number of hydrogen-bond acceptors (Lipinski definition) is 3.